The number of carboxylic acids is 1. The number of carboxylic acid groups (broad SMARTS) is 1. The topological polar surface area (TPSA) is 46.5 Å². The molecule has 4 heteroatoms. The zero-order valence-corrected chi connectivity index (χ0v) is 18.9. The van der Waals surface area contributed by atoms with Crippen LogP contribution in [0.5, 0.6) is 5.75 Å². The SMILES string of the molecule is CCCOc1cc2c(cc1[Se]C#CC(C)=CC(=O)O)C(C)(C)CCC2(C)C. The molecule has 2 rings (SSSR count). The van der Waals surface area contributed by atoms with Crippen LogP contribution in [0, 0.1) is 10.7 Å². The predicted octanol–water partition coefficient (Wildman–Crippen LogP) is 4.15. The van der Waals surface area contributed by atoms with Gasteiger partial charge in [0, 0.05) is 0 Å². The number of fused-ring (bicyclic) bond motifs is 1. The van der Waals surface area contributed by atoms with E-state index < -0.39 is 5.97 Å². The van der Waals surface area contributed by atoms with E-state index in [1.54, 1.807) is 6.92 Å². The fourth-order valence-electron chi connectivity index (χ4n) is 3.36. The van der Waals surface area contributed by atoms with E-state index in [0.29, 0.717) is 12.2 Å². The summed E-state index contributed by atoms with van der Waals surface area (Å²) in [5, 5.41) is 8.82. The molecular weight excluding hydrogens is 403 g/mol. The number of ether oxygens (including phenoxy) is 1. The van der Waals surface area contributed by atoms with Crippen LogP contribution in [0.25, 0.3) is 0 Å². The second-order valence-corrected chi connectivity index (χ2v) is 10.2. The first-order valence-corrected chi connectivity index (χ1v) is 11.2. The van der Waals surface area contributed by atoms with E-state index in [1.807, 2.05) is 0 Å². The Kier molecular flexibility index (Phi) is 6.84. The molecule has 0 radical (unpaired) electrons. The van der Waals surface area contributed by atoms with Crippen molar-refractivity contribution in [1.29, 1.82) is 0 Å². The van der Waals surface area contributed by atoms with E-state index >= 15 is 0 Å². The summed E-state index contributed by atoms with van der Waals surface area (Å²) in [4.78, 5) is 13.9. The standard InChI is InChI=1S/C23H30O3Se/c1-7-11-26-19-14-17-18(23(5,6)10-9-22(17,3)4)15-20(19)27-12-8-16(2)13-21(24)25/h13-15H,7,9-11H2,1-6H3,(H,24,25). The van der Waals surface area contributed by atoms with Crippen LogP contribution in [0.2, 0.25) is 0 Å². The van der Waals surface area contributed by atoms with Gasteiger partial charge in [0.25, 0.3) is 0 Å². The van der Waals surface area contributed by atoms with Gasteiger partial charge >= 0.3 is 170 Å². The zero-order valence-electron chi connectivity index (χ0n) is 17.2. The number of hydrogen-bond acceptors (Lipinski definition) is 2. The van der Waals surface area contributed by atoms with Gasteiger partial charge in [0.05, 0.1) is 0 Å². The molecule has 27 heavy (non-hydrogen) atoms. The minimum atomic E-state index is -0.959. The number of rotatable bonds is 5. The van der Waals surface area contributed by atoms with E-state index in [9.17, 15) is 4.79 Å². The van der Waals surface area contributed by atoms with E-state index in [1.165, 1.54) is 24.0 Å². The number of aliphatic carboxylic acids is 1. The van der Waals surface area contributed by atoms with Crippen molar-refractivity contribution in [1.82, 2.24) is 0 Å². The number of carbonyl (C=O) groups is 1. The fraction of sp³-hybridized carbons (Fsp3) is 0.522. The summed E-state index contributed by atoms with van der Waals surface area (Å²) < 4.78 is 7.22. The van der Waals surface area contributed by atoms with Crippen LogP contribution in [0.1, 0.15) is 71.9 Å². The van der Waals surface area contributed by atoms with Crippen LogP contribution in [0.4, 0.5) is 0 Å². The van der Waals surface area contributed by atoms with Gasteiger partial charge in [-0.25, -0.2) is 0 Å². The van der Waals surface area contributed by atoms with Crippen LogP contribution in [0.15, 0.2) is 23.8 Å². The second kappa shape index (κ2) is 8.55. The summed E-state index contributed by atoms with van der Waals surface area (Å²) in [5.41, 5.74) is 3.65. The van der Waals surface area contributed by atoms with Gasteiger partial charge < -0.3 is 0 Å². The number of benzene rings is 1. The van der Waals surface area contributed by atoms with Gasteiger partial charge in [-0.05, 0) is 0 Å². The Hall–Kier alpha value is -1.69. The summed E-state index contributed by atoms with van der Waals surface area (Å²) in [6, 6.07) is 4.54. The van der Waals surface area contributed by atoms with E-state index in [0.717, 1.165) is 22.7 Å². The Labute approximate surface area is 169 Å². The maximum absolute atomic E-state index is 10.7. The van der Waals surface area contributed by atoms with Gasteiger partial charge in [0.15, 0.2) is 0 Å². The van der Waals surface area contributed by atoms with Gasteiger partial charge in [0.2, 0.25) is 0 Å². The molecule has 146 valence electrons. The van der Waals surface area contributed by atoms with Crippen LogP contribution >= 0.6 is 0 Å². The Morgan fingerprint density at radius 3 is 2.37 bits per heavy atom. The molecule has 0 saturated heterocycles. The van der Waals surface area contributed by atoms with Crippen molar-refractivity contribution in [3.8, 4) is 16.5 Å². The average molecular weight is 433 g/mol. The molecule has 0 aromatic heterocycles. The van der Waals surface area contributed by atoms with E-state index in [2.05, 4.69) is 57.5 Å². The van der Waals surface area contributed by atoms with Crippen LogP contribution in [-0.2, 0) is 15.6 Å². The first-order chi connectivity index (χ1) is 12.6. The summed E-state index contributed by atoms with van der Waals surface area (Å²) in [6.07, 6.45) is 4.45. The zero-order chi connectivity index (χ0) is 20.2. The first-order valence-electron chi connectivity index (χ1n) is 9.48. The molecule has 0 heterocycles. The minimum absolute atomic E-state index is 0.0939. The van der Waals surface area contributed by atoms with Crippen LogP contribution in [-0.4, -0.2) is 32.6 Å². The molecule has 0 amide bonds. The van der Waals surface area contributed by atoms with Crippen LogP contribution < -0.4 is 9.20 Å². The molecular formula is C23H30O3Se. The Bertz CT molecular complexity index is 807. The molecule has 0 saturated carbocycles. The van der Waals surface area contributed by atoms with Crippen molar-refractivity contribution < 1.29 is 14.6 Å². The predicted molar refractivity (Wildman–Crippen MR) is 112 cm³/mol. The summed E-state index contributed by atoms with van der Waals surface area (Å²) in [6.45, 7) is 13.8. The molecule has 1 aliphatic rings. The summed E-state index contributed by atoms with van der Waals surface area (Å²) in [5.74, 6) is 2.95. The third-order valence-electron chi connectivity index (χ3n) is 5.13. The monoisotopic (exact) mass is 434 g/mol. The molecule has 1 N–H and O–H groups in total. The van der Waals surface area contributed by atoms with Gasteiger partial charge in [-0.3, -0.25) is 0 Å². The molecule has 0 bridgehead atoms. The normalized spacial score (nSPS) is 17.5. The van der Waals surface area contributed by atoms with Crippen molar-refractivity contribution in [2.24, 2.45) is 0 Å². The van der Waals surface area contributed by atoms with Crippen molar-refractivity contribution in [2.45, 2.75) is 71.6 Å². The third kappa shape index (κ3) is 5.41. The molecule has 1 aromatic rings. The van der Waals surface area contributed by atoms with Gasteiger partial charge in [0.1, 0.15) is 0 Å². The molecule has 1 aromatic carbocycles. The van der Waals surface area contributed by atoms with Gasteiger partial charge in [-0.2, -0.15) is 0 Å². The molecule has 0 unspecified atom stereocenters. The van der Waals surface area contributed by atoms with Crippen molar-refractivity contribution in [3.63, 3.8) is 0 Å². The molecule has 0 spiro atoms. The Balaban J connectivity index is 2.47. The van der Waals surface area contributed by atoms with Crippen molar-refractivity contribution in [3.05, 3.63) is 34.9 Å². The van der Waals surface area contributed by atoms with Crippen LogP contribution in [0.3, 0.4) is 0 Å². The molecule has 0 atom stereocenters. The van der Waals surface area contributed by atoms with Crippen molar-refractivity contribution in [2.75, 3.05) is 6.61 Å². The molecule has 3 nitrogen and oxygen atoms in total. The van der Waals surface area contributed by atoms with Gasteiger partial charge in [-0.1, -0.05) is 0 Å². The molecule has 1 aliphatic carbocycles. The third-order valence-corrected chi connectivity index (χ3v) is 6.69. The quantitative estimate of drug-likeness (QED) is 0.431. The maximum atomic E-state index is 10.7. The summed E-state index contributed by atoms with van der Waals surface area (Å²) in [7, 11) is 0. The summed E-state index contributed by atoms with van der Waals surface area (Å²) >= 11 is -0.0939. The average Bonchev–Trinajstić information content (AvgIpc) is 2.56. The Morgan fingerprint density at radius 1 is 1.22 bits per heavy atom. The molecule has 0 aliphatic heterocycles. The number of hydrogen-bond donors (Lipinski definition) is 1. The van der Waals surface area contributed by atoms with Crippen molar-refractivity contribution >= 4 is 25.4 Å². The first kappa shape index (κ1) is 21.6. The van der Waals surface area contributed by atoms with E-state index in [4.69, 9.17) is 9.84 Å². The van der Waals surface area contributed by atoms with E-state index in [-0.39, 0.29) is 25.8 Å². The second-order valence-electron chi connectivity index (χ2n) is 8.46. The number of allylic oxidation sites excluding steroid dienone is 1. The van der Waals surface area contributed by atoms with Gasteiger partial charge in [-0.15, -0.1) is 0 Å². The fourth-order valence-corrected chi connectivity index (χ4v) is 4.87. The Morgan fingerprint density at radius 2 is 1.81 bits per heavy atom. The molecule has 0 fully saturated rings.